The van der Waals surface area contributed by atoms with Gasteiger partial charge in [0.1, 0.15) is 6.61 Å². The van der Waals surface area contributed by atoms with E-state index in [2.05, 4.69) is 10.1 Å². The summed E-state index contributed by atoms with van der Waals surface area (Å²) in [6, 6.07) is 13.5. The molecule has 0 unspecified atom stereocenters. The quantitative estimate of drug-likeness (QED) is 0.715. The molecule has 4 rings (SSSR count). The van der Waals surface area contributed by atoms with Crippen molar-refractivity contribution in [3.63, 3.8) is 0 Å². The topological polar surface area (TPSA) is 60.2 Å². The molecular formula is C21H22N4O2. The molecule has 0 atom stereocenters. The van der Waals surface area contributed by atoms with Gasteiger partial charge in [-0.15, -0.1) is 5.10 Å². The van der Waals surface area contributed by atoms with Gasteiger partial charge in [0.05, 0.1) is 12.2 Å². The third kappa shape index (κ3) is 4.00. The molecule has 0 saturated carbocycles. The molecule has 1 aromatic carbocycles. The molecule has 0 spiro atoms. The van der Waals surface area contributed by atoms with Crippen LogP contribution in [0, 0.1) is 6.92 Å². The van der Waals surface area contributed by atoms with Crippen LogP contribution in [-0.4, -0.2) is 32.1 Å². The first kappa shape index (κ1) is 17.3. The summed E-state index contributed by atoms with van der Waals surface area (Å²) in [5.74, 6) is 0.648. The smallest absolute Gasteiger partial charge is 0.254 e. The number of benzene rings is 1. The number of aromatic nitrogens is 3. The Morgan fingerprint density at radius 1 is 1.11 bits per heavy atom. The van der Waals surface area contributed by atoms with Crippen molar-refractivity contribution in [2.24, 2.45) is 0 Å². The van der Waals surface area contributed by atoms with Crippen LogP contribution in [-0.2, 0) is 19.7 Å². The van der Waals surface area contributed by atoms with E-state index >= 15 is 0 Å². The Balaban J connectivity index is 1.46. The summed E-state index contributed by atoms with van der Waals surface area (Å²) in [7, 11) is 0. The molecular weight excluding hydrogens is 340 g/mol. The maximum absolute atomic E-state index is 12.9. The van der Waals surface area contributed by atoms with Crippen molar-refractivity contribution in [3.05, 3.63) is 77.2 Å². The fraction of sp³-hybridized carbons (Fsp3) is 0.286. The number of ether oxygens (including phenoxy) is 1. The molecule has 3 aromatic rings. The van der Waals surface area contributed by atoms with Crippen LogP contribution in [0.1, 0.15) is 33.6 Å². The van der Waals surface area contributed by atoms with Crippen molar-refractivity contribution in [2.75, 3.05) is 6.54 Å². The van der Waals surface area contributed by atoms with E-state index in [-0.39, 0.29) is 5.91 Å². The number of rotatable bonds is 4. The molecule has 138 valence electrons. The van der Waals surface area contributed by atoms with Gasteiger partial charge in [-0.05, 0) is 43.2 Å². The molecule has 2 aromatic heterocycles. The monoisotopic (exact) mass is 362 g/mol. The highest BCUT2D eigenvalue weighted by Crippen LogP contribution is 2.20. The lowest BCUT2D eigenvalue weighted by Crippen LogP contribution is -2.30. The molecule has 0 N–H and O–H groups in total. The molecule has 6 heteroatoms. The zero-order valence-corrected chi connectivity index (χ0v) is 15.3. The van der Waals surface area contributed by atoms with Gasteiger partial charge in [0, 0.05) is 37.1 Å². The van der Waals surface area contributed by atoms with Gasteiger partial charge < -0.3 is 9.64 Å². The number of hydrogen-bond acceptors (Lipinski definition) is 4. The third-order valence-corrected chi connectivity index (χ3v) is 4.71. The average molecular weight is 362 g/mol. The minimum atomic E-state index is 0.0592. The van der Waals surface area contributed by atoms with Crippen LogP contribution in [0.15, 0.2) is 54.9 Å². The van der Waals surface area contributed by atoms with Gasteiger partial charge in [0.2, 0.25) is 5.88 Å². The van der Waals surface area contributed by atoms with E-state index in [1.165, 1.54) is 0 Å². The van der Waals surface area contributed by atoms with E-state index in [1.54, 1.807) is 12.4 Å². The van der Waals surface area contributed by atoms with Gasteiger partial charge in [0.15, 0.2) is 0 Å². The molecule has 0 aliphatic carbocycles. The second-order valence-corrected chi connectivity index (χ2v) is 6.79. The third-order valence-electron chi connectivity index (χ3n) is 4.71. The molecule has 0 saturated heterocycles. The first-order valence-corrected chi connectivity index (χ1v) is 9.13. The van der Waals surface area contributed by atoms with E-state index in [0.717, 1.165) is 41.9 Å². The minimum Gasteiger partial charge on any atom is -0.472 e. The van der Waals surface area contributed by atoms with Crippen molar-refractivity contribution < 1.29 is 9.53 Å². The predicted molar refractivity (Wildman–Crippen MR) is 101 cm³/mol. The Labute approximate surface area is 158 Å². The minimum absolute atomic E-state index is 0.0592. The van der Waals surface area contributed by atoms with Gasteiger partial charge in [-0.3, -0.25) is 14.5 Å². The predicted octanol–water partition coefficient (Wildman–Crippen LogP) is 3.21. The average Bonchev–Trinajstić information content (AvgIpc) is 2.97. The SMILES string of the molecule is Cc1ccc(C(=O)N2CCCn3nc(OCc4ccncc4)cc3C2)cc1. The molecule has 1 aliphatic rings. The highest BCUT2D eigenvalue weighted by Gasteiger charge is 2.22. The molecule has 1 aliphatic heterocycles. The number of nitrogens with zero attached hydrogens (tertiary/aromatic N) is 4. The maximum atomic E-state index is 12.9. The summed E-state index contributed by atoms with van der Waals surface area (Å²) in [6.45, 7) is 4.52. The van der Waals surface area contributed by atoms with Crippen molar-refractivity contribution in [2.45, 2.75) is 33.0 Å². The summed E-state index contributed by atoms with van der Waals surface area (Å²) in [5.41, 5.74) is 3.92. The Hall–Kier alpha value is -3.15. The zero-order valence-electron chi connectivity index (χ0n) is 15.3. The Bertz CT molecular complexity index is 919. The van der Waals surface area contributed by atoms with E-state index < -0.39 is 0 Å². The van der Waals surface area contributed by atoms with Gasteiger partial charge in [-0.2, -0.15) is 0 Å². The van der Waals surface area contributed by atoms with Crippen LogP contribution < -0.4 is 4.74 Å². The highest BCUT2D eigenvalue weighted by atomic mass is 16.5. The van der Waals surface area contributed by atoms with E-state index in [9.17, 15) is 4.79 Å². The Morgan fingerprint density at radius 2 is 1.89 bits per heavy atom. The van der Waals surface area contributed by atoms with Crippen LogP contribution in [0.4, 0.5) is 0 Å². The fourth-order valence-electron chi connectivity index (χ4n) is 3.19. The number of amides is 1. The molecule has 0 radical (unpaired) electrons. The Morgan fingerprint density at radius 3 is 2.67 bits per heavy atom. The van der Waals surface area contributed by atoms with Crippen molar-refractivity contribution >= 4 is 5.91 Å². The lowest BCUT2D eigenvalue weighted by Gasteiger charge is -2.20. The van der Waals surface area contributed by atoms with Gasteiger partial charge in [0.25, 0.3) is 5.91 Å². The second kappa shape index (κ2) is 7.61. The number of carbonyl (C=O) groups is 1. The van der Waals surface area contributed by atoms with Gasteiger partial charge in [-0.1, -0.05) is 17.7 Å². The molecule has 6 nitrogen and oxygen atoms in total. The Kier molecular flexibility index (Phi) is 4.87. The normalized spacial score (nSPS) is 13.7. The van der Waals surface area contributed by atoms with Gasteiger partial charge in [-0.25, -0.2) is 0 Å². The highest BCUT2D eigenvalue weighted by molar-refractivity contribution is 5.94. The van der Waals surface area contributed by atoms with Crippen molar-refractivity contribution in [1.29, 1.82) is 0 Å². The lowest BCUT2D eigenvalue weighted by molar-refractivity contribution is 0.0745. The van der Waals surface area contributed by atoms with Crippen molar-refractivity contribution in [3.8, 4) is 5.88 Å². The number of fused-ring (bicyclic) bond motifs is 1. The molecule has 0 fully saturated rings. The number of carbonyl (C=O) groups excluding carboxylic acids is 1. The summed E-state index contributed by atoms with van der Waals surface area (Å²) in [5, 5.41) is 4.54. The van der Waals surface area contributed by atoms with E-state index in [1.807, 2.05) is 59.0 Å². The number of aryl methyl sites for hydroxylation is 2. The molecule has 1 amide bonds. The fourth-order valence-corrected chi connectivity index (χ4v) is 3.19. The standard InChI is InChI=1S/C21H22N4O2/c1-16-3-5-18(6-4-16)21(26)24-11-2-12-25-19(14-24)13-20(23-25)27-15-17-7-9-22-10-8-17/h3-10,13H,2,11-12,14-15H2,1H3. The number of hydrogen-bond donors (Lipinski definition) is 0. The lowest BCUT2D eigenvalue weighted by atomic mass is 10.1. The first-order valence-electron chi connectivity index (χ1n) is 9.13. The molecule has 27 heavy (non-hydrogen) atoms. The van der Waals surface area contributed by atoms with Crippen LogP contribution in [0.25, 0.3) is 0 Å². The molecule has 0 bridgehead atoms. The first-order chi connectivity index (χ1) is 13.2. The zero-order chi connectivity index (χ0) is 18.6. The van der Waals surface area contributed by atoms with Crippen LogP contribution in [0.3, 0.4) is 0 Å². The van der Waals surface area contributed by atoms with Gasteiger partial charge >= 0.3 is 0 Å². The van der Waals surface area contributed by atoms with E-state index in [0.29, 0.717) is 19.0 Å². The summed E-state index contributed by atoms with van der Waals surface area (Å²) < 4.78 is 7.76. The molecule has 3 heterocycles. The summed E-state index contributed by atoms with van der Waals surface area (Å²) in [4.78, 5) is 18.7. The summed E-state index contributed by atoms with van der Waals surface area (Å²) in [6.07, 6.45) is 4.36. The van der Waals surface area contributed by atoms with Crippen LogP contribution >= 0.6 is 0 Å². The second-order valence-electron chi connectivity index (χ2n) is 6.79. The summed E-state index contributed by atoms with van der Waals surface area (Å²) >= 11 is 0. The van der Waals surface area contributed by atoms with Crippen LogP contribution in [0.2, 0.25) is 0 Å². The largest absolute Gasteiger partial charge is 0.472 e. The maximum Gasteiger partial charge on any atom is 0.254 e. The van der Waals surface area contributed by atoms with Crippen LogP contribution in [0.5, 0.6) is 5.88 Å². The van der Waals surface area contributed by atoms with E-state index in [4.69, 9.17) is 4.74 Å². The van der Waals surface area contributed by atoms with Crippen molar-refractivity contribution in [1.82, 2.24) is 19.7 Å². The number of pyridine rings is 1.